The summed E-state index contributed by atoms with van der Waals surface area (Å²) >= 11 is 0. The molecule has 29 heavy (non-hydrogen) atoms. The number of ether oxygens (including phenoxy) is 2. The summed E-state index contributed by atoms with van der Waals surface area (Å²) in [6.45, 7) is 5.26. The molecule has 0 aliphatic carbocycles. The van der Waals surface area contributed by atoms with E-state index in [-0.39, 0.29) is 5.56 Å². The minimum absolute atomic E-state index is 0.241. The highest BCUT2D eigenvalue weighted by molar-refractivity contribution is 6.03. The first kappa shape index (κ1) is 20.4. The van der Waals surface area contributed by atoms with Crippen LogP contribution in [0.25, 0.3) is 23.1 Å². The second-order valence-corrected chi connectivity index (χ2v) is 6.59. The van der Waals surface area contributed by atoms with Gasteiger partial charge < -0.3 is 14.6 Å². The van der Waals surface area contributed by atoms with Crippen LogP contribution in [0, 0.1) is 0 Å². The number of benzene rings is 2. The molecule has 0 atom stereocenters. The van der Waals surface area contributed by atoms with Crippen molar-refractivity contribution in [2.75, 3.05) is 13.2 Å². The van der Waals surface area contributed by atoms with E-state index in [4.69, 9.17) is 9.47 Å². The van der Waals surface area contributed by atoms with Crippen LogP contribution in [0.5, 0.6) is 11.5 Å². The van der Waals surface area contributed by atoms with Gasteiger partial charge in [0.1, 0.15) is 0 Å². The Labute approximate surface area is 170 Å². The van der Waals surface area contributed by atoms with Crippen LogP contribution < -0.4 is 9.47 Å². The fraction of sp³-hybridized carbons (Fsp3) is 0.250. The number of carboxylic acids is 1. The second-order valence-electron chi connectivity index (χ2n) is 6.59. The molecule has 0 unspecified atom stereocenters. The molecule has 0 bridgehead atoms. The van der Waals surface area contributed by atoms with Crippen molar-refractivity contribution in [3.05, 3.63) is 65.4 Å². The van der Waals surface area contributed by atoms with Gasteiger partial charge in [-0.3, -0.25) is 0 Å². The highest BCUT2D eigenvalue weighted by Gasteiger charge is 2.10. The zero-order chi connectivity index (χ0) is 20.6. The molecule has 1 heterocycles. The number of aromatic carboxylic acids is 1. The van der Waals surface area contributed by atoms with Crippen LogP contribution in [0.3, 0.4) is 0 Å². The van der Waals surface area contributed by atoms with E-state index in [1.54, 1.807) is 12.1 Å². The van der Waals surface area contributed by atoms with Gasteiger partial charge in [0.15, 0.2) is 11.5 Å². The summed E-state index contributed by atoms with van der Waals surface area (Å²) in [7, 11) is 0. The maximum absolute atomic E-state index is 11.6. The molecule has 1 N–H and O–H groups in total. The predicted octanol–water partition coefficient (Wildman–Crippen LogP) is 5.68. The molecule has 2 aromatic carbocycles. The molecular weight excluding hydrogens is 366 g/mol. The maximum atomic E-state index is 11.6. The average Bonchev–Trinajstić information content (AvgIpc) is 2.73. The quantitative estimate of drug-likeness (QED) is 0.475. The van der Waals surface area contributed by atoms with Crippen LogP contribution in [0.4, 0.5) is 0 Å². The van der Waals surface area contributed by atoms with Gasteiger partial charge in [0.25, 0.3) is 0 Å². The molecule has 1 aromatic heterocycles. The van der Waals surface area contributed by atoms with Crippen molar-refractivity contribution >= 4 is 29.0 Å². The molecule has 0 aliphatic rings. The van der Waals surface area contributed by atoms with E-state index in [0.717, 1.165) is 24.2 Å². The van der Waals surface area contributed by atoms with Crippen LogP contribution in [0.2, 0.25) is 0 Å². The first-order valence-electron chi connectivity index (χ1n) is 9.83. The third-order valence-corrected chi connectivity index (χ3v) is 4.44. The molecule has 5 heteroatoms. The number of carboxylic acid groups (broad SMARTS) is 1. The first-order chi connectivity index (χ1) is 14.1. The molecule has 3 aromatic rings. The molecule has 0 aliphatic heterocycles. The lowest BCUT2D eigenvalue weighted by Gasteiger charge is -2.12. The third-order valence-electron chi connectivity index (χ3n) is 4.44. The number of para-hydroxylation sites is 1. The summed E-state index contributed by atoms with van der Waals surface area (Å²) in [5, 5.41) is 10.2. The van der Waals surface area contributed by atoms with E-state index in [0.29, 0.717) is 35.6 Å². The van der Waals surface area contributed by atoms with Gasteiger partial charge in [-0.05, 0) is 49.2 Å². The highest BCUT2D eigenvalue weighted by Crippen LogP contribution is 2.29. The second kappa shape index (κ2) is 9.73. The van der Waals surface area contributed by atoms with Crippen molar-refractivity contribution in [1.29, 1.82) is 0 Å². The van der Waals surface area contributed by atoms with Gasteiger partial charge in [0.2, 0.25) is 0 Å². The van der Waals surface area contributed by atoms with E-state index >= 15 is 0 Å². The number of nitrogens with zero attached hydrogens (tertiary/aromatic N) is 1. The smallest absolute Gasteiger partial charge is 0.336 e. The Morgan fingerprint density at radius 2 is 1.86 bits per heavy atom. The van der Waals surface area contributed by atoms with E-state index in [2.05, 4.69) is 11.9 Å². The Hall–Kier alpha value is -3.34. The van der Waals surface area contributed by atoms with Crippen molar-refractivity contribution in [3.63, 3.8) is 0 Å². The number of aromatic nitrogens is 1. The third kappa shape index (κ3) is 5.13. The number of rotatable bonds is 9. The molecule has 3 rings (SSSR count). The van der Waals surface area contributed by atoms with Crippen molar-refractivity contribution < 1.29 is 19.4 Å². The SMILES string of the molecule is CCCCOc1ccc(/C=C/c2cc(C(=O)O)c3ccccc3n2)cc1OCC. The standard InChI is InChI=1S/C24H25NO4/c1-3-5-14-29-22-13-11-17(15-23(22)28-4-2)10-12-18-16-20(24(26)27)19-8-6-7-9-21(19)25-18/h6-13,15-16H,3-5,14H2,1-2H3,(H,26,27)/b12-10+. The summed E-state index contributed by atoms with van der Waals surface area (Å²) in [6.07, 6.45) is 5.76. The van der Waals surface area contributed by atoms with E-state index < -0.39 is 5.97 Å². The van der Waals surface area contributed by atoms with Gasteiger partial charge in [-0.2, -0.15) is 0 Å². The Balaban J connectivity index is 1.89. The largest absolute Gasteiger partial charge is 0.490 e. The number of fused-ring (bicyclic) bond motifs is 1. The van der Waals surface area contributed by atoms with E-state index in [1.165, 1.54) is 0 Å². The Morgan fingerprint density at radius 1 is 1.03 bits per heavy atom. The number of pyridine rings is 1. The molecule has 0 saturated heterocycles. The molecule has 0 radical (unpaired) electrons. The normalized spacial score (nSPS) is 11.1. The topological polar surface area (TPSA) is 68.7 Å². The van der Waals surface area contributed by atoms with Gasteiger partial charge in [-0.1, -0.05) is 43.7 Å². The Kier molecular flexibility index (Phi) is 6.85. The van der Waals surface area contributed by atoms with Gasteiger partial charge in [0.05, 0.1) is 30.0 Å². The molecule has 0 saturated carbocycles. The van der Waals surface area contributed by atoms with Crippen molar-refractivity contribution in [1.82, 2.24) is 4.98 Å². The van der Waals surface area contributed by atoms with Gasteiger partial charge in [0, 0.05) is 5.39 Å². The molecule has 150 valence electrons. The predicted molar refractivity (Wildman–Crippen MR) is 116 cm³/mol. The molecule has 0 fully saturated rings. The van der Waals surface area contributed by atoms with Crippen LogP contribution in [0.1, 0.15) is 48.3 Å². The summed E-state index contributed by atoms with van der Waals surface area (Å²) < 4.78 is 11.5. The number of unbranched alkanes of at least 4 members (excludes halogenated alkanes) is 1. The minimum atomic E-state index is -0.967. The Bertz CT molecular complexity index is 1030. The molecular formula is C24H25NO4. The zero-order valence-corrected chi connectivity index (χ0v) is 16.7. The van der Waals surface area contributed by atoms with Crippen LogP contribution in [0.15, 0.2) is 48.5 Å². The van der Waals surface area contributed by atoms with Gasteiger partial charge in [-0.25, -0.2) is 9.78 Å². The van der Waals surface area contributed by atoms with E-state index in [1.807, 2.05) is 55.5 Å². The fourth-order valence-corrected chi connectivity index (χ4v) is 2.98. The number of carbonyl (C=O) groups is 1. The monoisotopic (exact) mass is 391 g/mol. The van der Waals surface area contributed by atoms with Gasteiger partial charge in [-0.15, -0.1) is 0 Å². The number of hydrogen-bond donors (Lipinski definition) is 1. The highest BCUT2D eigenvalue weighted by atomic mass is 16.5. The lowest BCUT2D eigenvalue weighted by molar-refractivity contribution is 0.0699. The Morgan fingerprint density at radius 3 is 2.62 bits per heavy atom. The van der Waals surface area contributed by atoms with Crippen molar-refractivity contribution in [2.24, 2.45) is 0 Å². The van der Waals surface area contributed by atoms with Crippen LogP contribution >= 0.6 is 0 Å². The van der Waals surface area contributed by atoms with Crippen LogP contribution in [-0.2, 0) is 0 Å². The van der Waals surface area contributed by atoms with Crippen molar-refractivity contribution in [3.8, 4) is 11.5 Å². The van der Waals surface area contributed by atoms with Crippen LogP contribution in [-0.4, -0.2) is 29.3 Å². The fourth-order valence-electron chi connectivity index (χ4n) is 2.98. The minimum Gasteiger partial charge on any atom is -0.490 e. The number of hydrogen-bond acceptors (Lipinski definition) is 4. The van der Waals surface area contributed by atoms with Gasteiger partial charge >= 0.3 is 5.97 Å². The lowest BCUT2D eigenvalue weighted by atomic mass is 10.1. The summed E-state index contributed by atoms with van der Waals surface area (Å²) in [4.78, 5) is 16.2. The van der Waals surface area contributed by atoms with Crippen molar-refractivity contribution in [2.45, 2.75) is 26.7 Å². The first-order valence-corrected chi connectivity index (χ1v) is 9.83. The zero-order valence-electron chi connectivity index (χ0n) is 16.7. The summed E-state index contributed by atoms with van der Waals surface area (Å²) in [5.41, 5.74) is 2.40. The maximum Gasteiger partial charge on any atom is 0.336 e. The molecule has 0 amide bonds. The average molecular weight is 391 g/mol. The summed E-state index contributed by atoms with van der Waals surface area (Å²) in [5.74, 6) is 0.461. The molecule has 0 spiro atoms. The van der Waals surface area contributed by atoms with E-state index in [9.17, 15) is 9.90 Å². The summed E-state index contributed by atoms with van der Waals surface area (Å²) in [6, 6.07) is 14.6. The lowest BCUT2D eigenvalue weighted by Crippen LogP contribution is -2.01. The molecule has 5 nitrogen and oxygen atoms in total.